The number of anilines is 2. The van der Waals surface area contributed by atoms with Crippen molar-refractivity contribution in [1.82, 2.24) is 10.6 Å². The number of nitrogens with one attached hydrogen (secondary N) is 4. The van der Waals surface area contributed by atoms with Crippen molar-refractivity contribution in [3.05, 3.63) is 43.7 Å². The summed E-state index contributed by atoms with van der Waals surface area (Å²) in [7, 11) is 0. The van der Waals surface area contributed by atoms with Crippen LogP contribution in [0, 0.1) is 21.4 Å². The van der Waals surface area contributed by atoms with Crippen LogP contribution in [-0.2, 0) is 28.7 Å². The second-order valence-electron chi connectivity index (χ2n) is 11.3. The van der Waals surface area contributed by atoms with Crippen molar-refractivity contribution in [2.45, 2.75) is 52.0 Å². The monoisotopic (exact) mass is 2160 g/mol. The molecular formula is C32H32Cl2I11N4O14-. The van der Waals surface area contributed by atoms with E-state index >= 15 is 0 Å². The zero-order valence-corrected chi connectivity index (χ0v) is 57.2. The minimum absolute atomic E-state index is 0.0151. The first kappa shape index (κ1) is 68.1. The molecule has 0 saturated heterocycles. The molecule has 0 radical (unpaired) electrons. The van der Waals surface area contributed by atoms with Gasteiger partial charge < -0.3 is 51.2 Å². The maximum atomic E-state index is 13.0. The van der Waals surface area contributed by atoms with Gasteiger partial charge in [0.1, 0.15) is 0 Å². The van der Waals surface area contributed by atoms with Crippen molar-refractivity contribution in [3.63, 3.8) is 0 Å². The van der Waals surface area contributed by atoms with E-state index in [1.807, 2.05) is 90.4 Å². The molecule has 63 heavy (non-hydrogen) atoms. The van der Waals surface area contributed by atoms with Crippen LogP contribution in [-0.4, -0.2) is 117 Å². The quantitative estimate of drug-likeness (QED) is 0.0663. The predicted molar refractivity (Wildman–Crippen MR) is 316 cm³/mol. The number of aliphatic hydroxyl groups excluding tert-OH is 4. The molecular weight excluding hydrogens is 2130 g/mol. The fraction of sp³-hybridized carbons (Fsp3) is 0.375. The van der Waals surface area contributed by atoms with Gasteiger partial charge in [0.25, 0.3) is 34.1 Å². The van der Waals surface area contributed by atoms with Gasteiger partial charge in [-0.25, -0.2) is 0 Å². The van der Waals surface area contributed by atoms with Crippen LogP contribution < -0.4 is 34.5 Å². The number of ether oxygens (including phenoxy) is 2. The third kappa shape index (κ3) is 22.6. The summed E-state index contributed by atoms with van der Waals surface area (Å²) in [5, 5.41) is 45.7. The molecule has 2 atom stereocenters. The Balaban J connectivity index is 0. The second-order valence-corrected chi connectivity index (χ2v) is 34.7. The van der Waals surface area contributed by atoms with Crippen molar-refractivity contribution in [3.8, 4) is 0 Å². The molecule has 0 spiro atoms. The number of halogens is 13. The first-order valence-corrected chi connectivity index (χ1v) is 42.2. The SMILES string of the molecule is CC(=O)O[C@@H](C)C(=O)Nc1c(I)c(C(=O)Cl)c(I)c(C(=O)Cl)c1I.CC(=O)O[C@@H](C)C(=O)Nc1c(I)c(C(=O)NC(CO)CO)c(I)c(C(=O)NC(CO)CO)c1I.II.I[I-]I. The number of esters is 2. The Hall–Kier alpha value is 3.05. The minimum atomic E-state index is -1.17. The number of carbonyl (C=O) groups is 8. The number of hydrogen-bond donors (Lipinski definition) is 8. The first-order chi connectivity index (χ1) is 29.3. The Kier molecular flexibility index (Phi) is 39.0. The van der Waals surface area contributed by atoms with Gasteiger partial charge in [-0.15, -0.1) is 0 Å². The van der Waals surface area contributed by atoms with Crippen LogP contribution >= 0.6 is 233 Å². The zero-order chi connectivity index (χ0) is 49.6. The summed E-state index contributed by atoms with van der Waals surface area (Å²) >= 11 is 31.6. The van der Waals surface area contributed by atoms with Crippen molar-refractivity contribution < 1.29 is 81.5 Å². The number of rotatable bonds is 16. The Morgan fingerprint density at radius 2 is 0.778 bits per heavy atom. The number of carbonyl (C=O) groups excluding carboxylic acids is 8. The first-order valence-electron chi connectivity index (χ1n) is 16.2. The van der Waals surface area contributed by atoms with Gasteiger partial charge in [0, 0.05) is 58.2 Å². The van der Waals surface area contributed by atoms with Gasteiger partial charge in [-0.05, 0) is 173 Å². The molecule has 0 aliphatic heterocycles. The normalized spacial score (nSPS) is 11.3. The van der Waals surface area contributed by atoms with Crippen molar-refractivity contribution in [2.24, 2.45) is 0 Å². The Bertz CT molecular complexity index is 1900. The third-order valence-corrected chi connectivity index (χ3v) is 13.8. The average Bonchev–Trinajstić information content (AvgIpc) is 3.19. The Labute approximate surface area is 505 Å². The molecule has 0 aromatic heterocycles. The number of aliphatic hydroxyl groups is 4. The number of hydrogen-bond acceptors (Lipinski definition) is 14. The van der Waals surface area contributed by atoms with Crippen LogP contribution in [0.2, 0.25) is 0 Å². The van der Waals surface area contributed by atoms with Crippen LogP contribution in [0.25, 0.3) is 0 Å². The summed E-state index contributed by atoms with van der Waals surface area (Å²) < 4.78 is 11.4. The molecule has 0 fully saturated rings. The second kappa shape index (κ2) is 36.0. The summed E-state index contributed by atoms with van der Waals surface area (Å²) in [5.74, 6) is -4.07. The molecule has 0 saturated carbocycles. The molecule has 0 bridgehead atoms. The van der Waals surface area contributed by atoms with E-state index in [1.54, 1.807) is 45.2 Å². The molecule has 0 heterocycles. The molecule has 0 aliphatic rings. The van der Waals surface area contributed by atoms with Gasteiger partial charge in [-0.2, -0.15) is 0 Å². The van der Waals surface area contributed by atoms with E-state index in [1.165, 1.54) is 20.8 Å². The van der Waals surface area contributed by atoms with Crippen LogP contribution in [0.15, 0.2) is 0 Å². The topological polar surface area (TPSA) is 284 Å². The van der Waals surface area contributed by atoms with E-state index < -0.39 is 96.8 Å². The van der Waals surface area contributed by atoms with Gasteiger partial charge >= 0.3 is 62.4 Å². The molecule has 2 rings (SSSR count). The Morgan fingerprint density at radius 1 is 0.540 bits per heavy atom. The van der Waals surface area contributed by atoms with E-state index in [4.69, 9.17) is 32.7 Å². The van der Waals surface area contributed by atoms with Crippen LogP contribution in [0.5, 0.6) is 0 Å². The fourth-order valence-corrected chi connectivity index (χ4v) is 14.0. The molecule has 8 N–H and O–H groups in total. The van der Waals surface area contributed by atoms with E-state index in [9.17, 15) is 58.8 Å². The van der Waals surface area contributed by atoms with Gasteiger partial charge in [-0.1, -0.05) is 0 Å². The van der Waals surface area contributed by atoms with Gasteiger partial charge in [0.15, 0.2) is 12.2 Å². The third-order valence-electron chi connectivity index (χ3n) is 6.95. The Morgan fingerprint density at radius 3 is 1.00 bits per heavy atom. The molecule has 0 aliphatic carbocycles. The van der Waals surface area contributed by atoms with E-state index in [0.717, 1.165) is 6.92 Å². The molecule has 356 valence electrons. The van der Waals surface area contributed by atoms with E-state index in [2.05, 4.69) is 95.7 Å². The average molecular weight is 2160 g/mol. The van der Waals surface area contributed by atoms with Crippen LogP contribution in [0.4, 0.5) is 11.4 Å². The summed E-state index contributed by atoms with van der Waals surface area (Å²) in [6, 6.07) is -1.93. The fourth-order valence-electron chi connectivity index (χ4n) is 4.16. The van der Waals surface area contributed by atoms with Gasteiger partial charge in [0.05, 0.1) is 86.4 Å². The molecule has 31 heteroatoms. The molecule has 2 aromatic carbocycles. The maximum absolute atomic E-state index is 13.0. The predicted octanol–water partition coefficient (Wildman–Crippen LogP) is 4.25. The van der Waals surface area contributed by atoms with Crippen LogP contribution in [0.3, 0.4) is 0 Å². The molecule has 2 aromatic rings. The van der Waals surface area contributed by atoms with Crippen molar-refractivity contribution in [1.29, 1.82) is 0 Å². The van der Waals surface area contributed by atoms with Crippen molar-refractivity contribution in [2.75, 3.05) is 37.1 Å². The summed E-state index contributed by atoms with van der Waals surface area (Å²) in [6.07, 6.45) is -2.22. The standard InChI is InChI=1S/C19H24I3N3O9.C13H8Cl2I3NO5.I3.I2/c1-7(34-8(2)30)17(31)25-16-14(21)11(18(32)23-9(3-26)4-27)13(20)12(15(16)22)19(33)24-10(5-28)6-29;1-3(24-4(2)20)13(23)19-10-8(17)5(11(14)21)7(16)6(9(10)18)12(15)22;1-3-2;1-2/h7,9-10,26-29H,3-6H2,1-2H3,(H,23,32)(H,24,33)(H,25,31);3H,1-2H3,(H,19,23);;/q;;-1;/t7-;3-;;/m00../s1. The zero-order valence-electron chi connectivity index (χ0n) is 31.9. The molecule has 0 unspecified atom stereocenters. The van der Waals surface area contributed by atoms with Gasteiger partial charge in [0.2, 0.25) is 0 Å². The number of benzene rings is 2. The van der Waals surface area contributed by atoms with E-state index in [0.29, 0.717) is 24.0 Å². The van der Waals surface area contributed by atoms with E-state index in [-0.39, 0.29) is 44.3 Å². The summed E-state index contributed by atoms with van der Waals surface area (Å²) in [5.41, 5.74) is 0.399. The number of amides is 4. The van der Waals surface area contributed by atoms with Crippen molar-refractivity contribution >= 4 is 291 Å². The molecule has 4 amide bonds. The molecule has 18 nitrogen and oxygen atoms in total. The summed E-state index contributed by atoms with van der Waals surface area (Å²) in [4.78, 5) is 96.4. The van der Waals surface area contributed by atoms with Crippen LogP contribution in [0.1, 0.15) is 69.1 Å². The van der Waals surface area contributed by atoms with Gasteiger partial charge in [-0.3, -0.25) is 38.4 Å². The summed E-state index contributed by atoms with van der Waals surface area (Å²) in [6.45, 7) is 2.92.